The number of nitrogens with one attached hydrogen (secondary N) is 1. The van der Waals surface area contributed by atoms with Crippen LogP contribution in [0.1, 0.15) is 11.1 Å². The summed E-state index contributed by atoms with van der Waals surface area (Å²) in [6, 6.07) is 11.6. The van der Waals surface area contributed by atoms with E-state index in [9.17, 15) is 14.3 Å². The molecule has 1 unspecified atom stereocenters. The first-order valence-electron chi connectivity index (χ1n) is 6.55. The van der Waals surface area contributed by atoms with Crippen LogP contribution in [0.5, 0.6) is 0 Å². The van der Waals surface area contributed by atoms with Crippen LogP contribution in [0.4, 0.5) is 11.4 Å². The number of nitrogens with zero attached hydrogens (tertiary/aromatic N) is 1. The summed E-state index contributed by atoms with van der Waals surface area (Å²) in [6.07, 6.45) is 1.61. The summed E-state index contributed by atoms with van der Waals surface area (Å²) in [5.74, 6) is 0. The molecule has 116 valence electrons. The Hall–Kier alpha value is -2.25. The van der Waals surface area contributed by atoms with E-state index in [0.29, 0.717) is 17.8 Å². The molecule has 0 aromatic heterocycles. The van der Waals surface area contributed by atoms with Gasteiger partial charge in [-0.05, 0) is 35.4 Å². The van der Waals surface area contributed by atoms with Gasteiger partial charge >= 0.3 is 0 Å². The first-order valence-corrected chi connectivity index (χ1v) is 8.11. The molecule has 0 fully saturated rings. The number of nitro groups is 1. The Morgan fingerprint density at radius 1 is 1.18 bits per heavy atom. The van der Waals surface area contributed by atoms with Gasteiger partial charge in [0.2, 0.25) is 0 Å². The molecule has 0 radical (unpaired) electrons. The van der Waals surface area contributed by atoms with E-state index in [-0.39, 0.29) is 12.3 Å². The average Bonchev–Trinajstić information content (AvgIpc) is 2.52. The summed E-state index contributed by atoms with van der Waals surface area (Å²) in [5, 5.41) is 23.2. The van der Waals surface area contributed by atoms with Crippen LogP contribution in [0.3, 0.4) is 0 Å². The van der Waals surface area contributed by atoms with Crippen molar-refractivity contribution >= 4 is 22.2 Å². The highest BCUT2D eigenvalue weighted by Gasteiger charge is 2.13. The molecule has 1 atom stereocenters. The molecule has 2 rings (SSSR count). The molecule has 0 aliphatic rings. The minimum atomic E-state index is -1.03. The lowest BCUT2D eigenvalue weighted by Gasteiger charge is -2.09. The van der Waals surface area contributed by atoms with E-state index in [1.807, 2.05) is 12.1 Å². The topological polar surface area (TPSA) is 92.5 Å². The summed E-state index contributed by atoms with van der Waals surface area (Å²) in [5.41, 5.74) is 1.84. The second-order valence-electron chi connectivity index (χ2n) is 4.72. The van der Waals surface area contributed by atoms with E-state index < -0.39 is 15.7 Å². The highest BCUT2D eigenvalue weighted by molar-refractivity contribution is 7.84. The number of anilines is 1. The van der Waals surface area contributed by atoms with Gasteiger partial charge in [-0.2, -0.15) is 0 Å². The molecular formula is C15H16N2O4S. The molecule has 0 heterocycles. The number of benzene rings is 2. The first kappa shape index (κ1) is 16.1. The van der Waals surface area contributed by atoms with Crippen molar-refractivity contribution in [1.82, 2.24) is 0 Å². The Morgan fingerprint density at radius 3 is 2.36 bits per heavy atom. The second kappa shape index (κ2) is 7.15. The standard InChI is InChI=1S/C15H16N2O4S/c1-22(21)13-5-2-11(3-6-13)9-16-14-8-12(10-18)4-7-15(14)17(19)20/h2-8,16,18H,9-10H2,1H3. The Labute approximate surface area is 130 Å². The Kier molecular flexibility index (Phi) is 5.24. The van der Waals surface area contributed by atoms with Gasteiger partial charge in [-0.25, -0.2) is 0 Å². The third-order valence-electron chi connectivity index (χ3n) is 3.18. The highest BCUT2D eigenvalue weighted by atomic mass is 32.2. The zero-order chi connectivity index (χ0) is 16.1. The van der Waals surface area contributed by atoms with Gasteiger partial charge in [0, 0.05) is 34.6 Å². The molecule has 2 N–H and O–H groups in total. The van der Waals surface area contributed by atoms with Gasteiger partial charge in [0.05, 0.1) is 11.5 Å². The molecule has 2 aromatic rings. The van der Waals surface area contributed by atoms with Crippen molar-refractivity contribution in [2.45, 2.75) is 18.0 Å². The molecule has 0 saturated heterocycles. The van der Waals surface area contributed by atoms with Gasteiger partial charge < -0.3 is 10.4 Å². The SMILES string of the molecule is CS(=O)c1ccc(CNc2cc(CO)ccc2[N+](=O)[O-])cc1. The van der Waals surface area contributed by atoms with Gasteiger partial charge in [-0.15, -0.1) is 0 Å². The predicted molar refractivity (Wildman–Crippen MR) is 85.1 cm³/mol. The zero-order valence-corrected chi connectivity index (χ0v) is 12.8. The molecule has 0 saturated carbocycles. The molecule has 2 aromatic carbocycles. The summed E-state index contributed by atoms with van der Waals surface area (Å²) in [6.45, 7) is 0.218. The molecule has 0 aliphatic heterocycles. The molecule has 0 amide bonds. The molecular weight excluding hydrogens is 304 g/mol. The van der Waals surface area contributed by atoms with E-state index in [1.54, 1.807) is 24.5 Å². The Morgan fingerprint density at radius 2 is 1.82 bits per heavy atom. The van der Waals surface area contributed by atoms with Crippen molar-refractivity contribution in [2.75, 3.05) is 11.6 Å². The van der Waals surface area contributed by atoms with Crippen molar-refractivity contribution in [3.05, 3.63) is 63.7 Å². The fourth-order valence-corrected chi connectivity index (χ4v) is 2.50. The predicted octanol–water partition coefficient (Wildman–Crippen LogP) is 2.44. The maximum atomic E-state index is 11.3. The van der Waals surface area contributed by atoms with Crippen LogP contribution in [0.25, 0.3) is 0 Å². The van der Waals surface area contributed by atoms with Gasteiger partial charge in [0.15, 0.2) is 0 Å². The largest absolute Gasteiger partial charge is 0.392 e. The summed E-state index contributed by atoms with van der Waals surface area (Å²) < 4.78 is 11.3. The van der Waals surface area contributed by atoms with Crippen molar-refractivity contribution in [3.8, 4) is 0 Å². The maximum absolute atomic E-state index is 11.3. The number of nitro benzene ring substituents is 1. The van der Waals surface area contributed by atoms with Crippen molar-refractivity contribution < 1.29 is 14.2 Å². The van der Waals surface area contributed by atoms with Crippen LogP contribution in [-0.4, -0.2) is 20.5 Å². The quantitative estimate of drug-likeness (QED) is 0.630. The van der Waals surface area contributed by atoms with Crippen LogP contribution >= 0.6 is 0 Å². The molecule has 0 bridgehead atoms. The maximum Gasteiger partial charge on any atom is 0.292 e. The normalized spacial score (nSPS) is 11.9. The fraction of sp³-hybridized carbons (Fsp3) is 0.200. The number of rotatable bonds is 6. The molecule has 22 heavy (non-hydrogen) atoms. The van der Waals surface area contributed by atoms with Gasteiger partial charge in [0.1, 0.15) is 5.69 Å². The zero-order valence-electron chi connectivity index (χ0n) is 12.0. The van der Waals surface area contributed by atoms with Crippen molar-refractivity contribution in [3.63, 3.8) is 0 Å². The average molecular weight is 320 g/mol. The number of hydrogen-bond donors (Lipinski definition) is 2. The number of hydrogen-bond acceptors (Lipinski definition) is 5. The van der Waals surface area contributed by atoms with E-state index in [0.717, 1.165) is 10.5 Å². The lowest BCUT2D eigenvalue weighted by Crippen LogP contribution is -2.03. The smallest absolute Gasteiger partial charge is 0.292 e. The van der Waals surface area contributed by atoms with Crippen molar-refractivity contribution in [1.29, 1.82) is 0 Å². The minimum absolute atomic E-state index is 0.0384. The van der Waals surface area contributed by atoms with Crippen LogP contribution in [0.2, 0.25) is 0 Å². The fourth-order valence-electron chi connectivity index (χ4n) is 1.98. The molecule has 0 spiro atoms. The number of aliphatic hydroxyl groups is 1. The van der Waals surface area contributed by atoms with Crippen LogP contribution in [0, 0.1) is 10.1 Å². The Balaban J connectivity index is 2.16. The van der Waals surface area contributed by atoms with Crippen LogP contribution in [0.15, 0.2) is 47.4 Å². The number of aliphatic hydroxyl groups excluding tert-OH is 1. The molecule has 7 heteroatoms. The van der Waals surface area contributed by atoms with Gasteiger partial charge in [-0.1, -0.05) is 12.1 Å². The molecule has 6 nitrogen and oxygen atoms in total. The summed E-state index contributed by atoms with van der Waals surface area (Å²) >= 11 is 0. The van der Waals surface area contributed by atoms with Gasteiger partial charge in [0.25, 0.3) is 5.69 Å². The second-order valence-corrected chi connectivity index (χ2v) is 6.10. The summed E-state index contributed by atoms with van der Waals surface area (Å²) in [7, 11) is -1.03. The monoisotopic (exact) mass is 320 g/mol. The third kappa shape index (κ3) is 3.90. The van der Waals surface area contributed by atoms with E-state index >= 15 is 0 Å². The van der Waals surface area contributed by atoms with E-state index in [2.05, 4.69) is 5.32 Å². The highest BCUT2D eigenvalue weighted by Crippen LogP contribution is 2.26. The minimum Gasteiger partial charge on any atom is -0.392 e. The summed E-state index contributed by atoms with van der Waals surface area (Å²) in [4.78, 5) is 11.3. The van der Waals surface area contributed by atoms with Gasteiger partial charge in [-0.3, -0.25) is 14.3 Å². The lowest BCUT2D eigenvalue weighted by atomic mass is 10.1. The van der Waals surface area contributed by atoms with E-state index in [4.69, 9.17) is 5.11 Å². The first-order chi connectivity index (χ1) is 10.5. The van der Waals surface area contributed by atoms with E-state index in [1.165, 1.54) is 12.1 Å². The lowest BCUT2D eigenvalue weighted by molar-refractivity contribution is -0.384. The Bertz CT molecular complexity index is 701. The third-order valence-corrected chi connectivity index (χ3v) is 4.11. The molecule has 0 aliphatic carbocycles. The van der Waals surface area contributed by atoms with Crippen LogP contribution in [-0.2, 0) is 24.0 Å². The van der Waals surface area contributed by atoms with Crippen molar-refractivity contribution in [2.24, 2.45) is 0 Å². The van der Waals surface area contributed by atoms with Crippen LogP contribution < -0.4 is 5.32 Å².